The molecule has 3 nitrogen and oxygen atoms in total. The number of nitrogens with one attached hydrogen (secondary N) is 1. The Morgan fingerprint density at radius 2 is 2.08 bits per heavy atom. The fourth-order valence-electron chi connectivity index (χ4n) is 0.812. The van der Waals surface area contributed by atoms with Gasteiger partial charge in [0.25, 0.3) is 0 Å². The first-order valence-corrected chi connectivity index (χ1v) is 4.99. The highest BCUT2D eigenvalue weighted by Crippen LogP contribution is 2.05. The monoisotopic (exact) mass is 189 g/mol. The summed E-state index contributed by atoms with van der Waals surface area (Å²) in [5.41, 5.74) is -0.610. The summed E-state index contributed by atoms with van der Waals surface area (Å²) in [6, 6.07) is 0. The van der Waals surface area contributed by atoms with Crippen molar-refractivity contribution in [1.82, 2.24) is 5.32 Å². The molecule has 1 unspecified atom stereocenters. The van der Waals surface area contributed by atoms with Crippen LogP contribution in [0.5, 0.6) is 0 Å². The lowest BCUT2D eigenvalue weighted by molar-refractivity contribution is 0.0332. The van der Waals surface area contributed by atoms with Crippen molar-refractivity contribution in [1.29, 1.82) is 0 Å². The zero-order valence-electron chi connectivity index (χ0n) is 9.26. The van der Waals surface area contributed by atoms with E-state index in [2.05, 4.69) is 19.2 Å². The van der Waals surface area contributed by atoms with Crippen molar-refractivity contribution in [3.05, 3.63) is 0 Å². The van der Waals surface area contributed by atoms with E-state index in [4.69, 9.17) is 4.74 Å². The molecule has 0 fully saturated rings. The molecule has 3 heteroatoms. The van der Waals surface area contributed by atoms with E-state index in [1.54, 1.807) is 0 Å². The molecule has 0 rings (SSSR count). The second kappa shape index (κ2) is 6.35. The molecular weight excluding hydrogens is 166 g/mol. The molecule has 0 saturated heterocycles. The fourth-order valence-corrected chi connectivity index (χ4v) is 0.812. The van der Waals surface area contributed by atoms with Crippen LogP contribution in [0.25, 0.3) is 0 Å². The quantitative estimate of drug-likeness (QED) is 0.469. The van der Waals surface area contributed by atoms with Crippen LogP contribution < -0.4 is 5.32 Å². The van der Waals surface area contributed by atoms with Crippen molar-refractivity contribution in [2.45, 2.75) is 39.7 Å². The maximum Gasteiger partial charge on any atom is 0.0966 e. The van der Waals surface area contributed by atoms with Crippen molar-refractivity contribution in [3.8, 4) is 0 Å². The Morgan fingerprint density at radius 3 is 2.54 bits per heavy atom. The second-order valence-electron chi connectivity index (χ2n) is 4.19. The third kappa shape index (κ3) is 8.22. The van der Waals surface area contributed by atoms with Gasteiger partial charge in [0.05, 0.1) is 18.9 Å². The Kier molecular flexibility index (Phi) is 6.29. The van der Waals surface area contributed by atoms with Gasteiger partial charge in [0, 0.05) is 6.54 Å². The smallest absolute Gasteiger partial charge is 0.0966 e. The van der Waals surface area contributed by atoms with Crippen molar-refractivity contribution >= 4 is 0 Å². The molecule has 0 spiro atoms. The first kappa shape index (κ1) is 12.9. The van der Waals surface area contributed by atoms with Gasteiger partial charge in [-0.3, -0.25) is 5.32 Å². The minimum Gasteiger partial charge on any atom is -0.389 e. The van der Waals surface area contributed by atoms with E-state index in [9.17, 15) is 5.11 Å². The lowest BCUT2D eigenvalue weighted by Crippen LogP contribution is -2.38. The van der Waals surface area contributed by atoms with E-state index in [-0.39, 0.29) is 0 Å². The minimum absolute atomic E-state index is 0.522. The molecule has 0 aliphatic rings. The highest BCUT2D eigenvalue weighted by atomic mass is 16.5. The Balaban J connectivity index is 3.26. The molecule has 0 aromatic carbocycles. The summed E-state index contributed by atoms with van der Waals surface area (Å²) >= 11 is 0. The van der Waals surface area contributed by atoms with Crippen molar-refractivity contribution in [2.75, 3.05) is 19.9 Å². The molecule has 0 heterocycles. The predicted octanol–water partition coefficient (Wildman–Crippen LogP) is 1.37. The van der Waals surface area contributed by atoms with E-state index < -0.39 is 5.60 Å². The molecule has 13 heavy (non-hydrogen) atoms. The van der Waals surface area contributed by atoms with Gasteiger partial charge in [0.1, 0.15) is 0 Å². The highest BCUT2D eigenvalue weighted by Gasteiger charge is 2.15. The highest BCUT2D eigenvalue weighted by molar-refractivity contribution is 4.71. The van der Waals surface area contributed by atoms with Gasteiger partial charge in [0.2, 0.25) is 0 Å². The van der Waals surface area contributed by atoms with E-state index in [1.807, 2.05) is 13.8 Å². The number of hydrogen-bond acceptors (Lipinski definition) is 3. The van der Waals surface area contributed by atoms with E-state index >= 15 is 0 Å². The normalized spacial score (nSPS) is 16.2. The number of ether oxygens (including phenoxy) is 1. The third-order valence-electron chi connectivity index (χ3n) is 1.92. The van der Waals surface area contributed by atoms with Gasteiger partial charge in [-0.05, 0) is 19.3 Å². The van der Waals surface area contributed by atoms with Gasteiger partial charge < -0.3 is 9.84 Å². The summed E-state index contributed by atoms with van der Waals surface area (Å²) < 4.78 is 5.31. The van der Waals surface area contributed by atoms with Gasteiger partial charge in [-0.25, -0.2) is 0 Å². The van der Waals surface area contributed by atoms with Gasteiger partial charge in [-0.1, -0.05) is 20.8 Å². The molecule has 0 aromatic rings. The van der Waals surface area contributed by atoms with Crippen molar-refractivity contribution in [2.24, 2.45) is 5.92 Å². The van der Waals surface area contributed by atoms with Crippen molar-refractivity contribution < 1.29 is 9.84 Å². The Labute approximate surface area is 81.5 Å². The second-order valence-corrected chi connectivity index (χ2v) is 4.19. The van der Waals surface area contributed by atoms with Gasteiger partial charge in [0.15, 0.2) is 0 Å². The summed E-state index contributed by atoms with van der Waals surface area (Å²) in [6.45, 7) is 9.89. The number of hydrogen-bond donors (Lipinski definition) is 2. The largest absolute Gasteiger partial charge is 0.389 e. The fraction of sp³-hybridized carbons (Fsp3) is 1.00. The molecule has 0 amide bonds. The third-order valence-corrected chi connectivity index (χ3v) is 1.92. The molecule has 0 radical (unpaired) electrons. The molecule has 0 aromatic heterocycles. The lowest BCUT2D eigenvalue weighted by Gasteiger charge is -2.21. The lowest BCUT2D eigenvalue weighted by atomic mass is 10.0. The van der Waals surface area contributed by atoms with Crippen LogP contribution in [0.15, 0.2) is 0 Å². The van der Waals surface area contributed by atoms with Crippen LogP contribution in [0.1, 0.15) is 34.1 Å². The molecule has 0 saturated carbocycles. The molecule has 0 bridgehead atoms. The van der Waals surface area contributed by atoms with Gasteiger partial charge in [-0.2, -0.15) is 0 Å². The van der Waals surface area contributed by atoms with Crippen LogP contribution in [0.3, 0.4) is 0 Å². The first-order chi connectivity index (χ1) is 5.98. The summed E-state index contributed by atoms with van der Waals surface area (Å²) in [7, 11) is 0. The Hall–Kier alpha value is -0.120. The zero-order valence-corrected chi connectivity index (χ0v) is 9.26. The summed E-state index contributed by atoms with van der Waals surface area (Å²) in [5, 5.41) is 12.7. The minimum atomic E-state index is -0.610. The molecular formula is C10H23NO2. The maximum absolute atomic E-state index is 9.61. The number of aliphatic hydroxyl groups is 1. The van der Waals surface area contributed by atoms with Crippen molar-refractivity contribution in [3.63, 3.8) is 0 Å². The van der Waals surface area contributed by atoms with Crippen LogP contribution in [0.4, 0.5) is 0 Å². The van der Waals surface area contributed by atoms with Gasteiger partial charge >= 0.3 is 0 Å². The molecule has 2 N–H and O–H groups in total. The predicted molar refractivity (Wildman–Crippen MR) is 54.6 cm³/mol. The van der Waals surface area contributed by atoms with Gasteiger partial charge in [-0.15, -0.1) is 0 Å². The zero-order chi connectivity index (χ0) is 10.3. The summed E-state index contributed by atoms with van der Waals surface area (Å²) in [6.07, 6.45) is 0.754. The molecule has 0 aliphatic heterocycles. The Morgan fingerprint density at radius 1 is 1.46 bits per heavy atom. The summed E-state index contributed by atoms with van der Waals surface area (Å²) in [5.74, 6) is 0.563. The SMILES string of the molecule is CCC(C)(O)CNCOCC(C)C. The van der Waals surface area contributed by atoms with Crippen LogP contribution in [0.2, 0.25) is 0 Å². The summed E-state index contributed by atoms with van der Waals surface area (Å²) in [4.78, 5) is 0. The van der Waals surface area contributed by atoms with E-state index in [0.717, 1.165) is 13.0 Å². The van der Waals surface area contributed by atoms with Crippen LogP contribution in [-0.2, 0) is 4.74 Å². The standard InChI is InChI=1S/C10H23NO2/c1-5-10(4,12)7-11-8-13-6-9(2)3/h9,11-12H,5-8H2,1-4H3. The van der Waals surface area contributed by atoms with Crippen LogP contribution >= 0.6 is 0 Å². The Bertz CT molecular complexity index is 124. The maximum atomic E-state index is 9.61. The first-order valence-electron chi connectivity index (χ1n) is 4.99. The number of rotatable bonds is 7. The average molecular weight is 189 g/mol. The molecule has 1 atom stereocenters. The van der Waals surface area contributed by atoms with E-state index in [0.29, 0.717) is 19.2 Å². The average Bonchev–Trinajstić information content (AvgIpc) is 2.03. The van der Waals surface area contributed by atoms with Crippen LogP contribution in [-0.4, -0.2) is 30.6 Å². The topological polar surface area (TPSA) is 41.5 Å². The van der Waals surface area contributed by atoms with E-state index in [1.165, 1.54) is 0 Å². The molecule has 0 aliphatic carbocycles. The van der Waals surface area contributed by atoms with Crippen LogP contribution in [0, 0.1) is 5.92 Å². The molecule has 80 valence electrons.